The van der Waals surface area contributed by atoms with Crippen LogP contribution < -0.4 is 5.32 Å². The Morgan fingerprint density at radius 2 is 1.88 bits per heavy atom. The van der Waals surface area contributed by atoms with Crippen molar-refractivity contribution in [3.63, 3.8) is 0 Å². The van der Waals surface area contributed by atoms with E-state index in [2.05, 4.69) is 17.1 Å². The average Bonchev–Trinajstić information content (AvgIpc) is 2.98. The molecule has 2 rings (SSSR count). The van der Waals surface area contributed by atoms with Gasteiger partial charge in [-0.1, -0.05) is 19.8 Å². The second-order valence-electron chi connectivity index (χ2n) is 6.56. The van der Waals surface area contributed by atoms with Crippen LogP contribution in [0.15, 0.2) is 12.1 Å². The number of carbonyl (C=O) groups excluding carboxylic acids is 2. The number of halogens is 1. The van der Waals surface area contributed by atoms with E-state index >= 15 is 0 Å². The SMILES string of the molecule is CCCCNC(=O)c1ccc(C(C(=O)OCC)N2CCCCC2)n1C.Cl. The number of rotatable bonds is 8. The van der Waals surface area contributed by atoms with E-state index in [1.165, 1.54) is 6.42 Å². The van der Waals surface area contributed by atoms with Gasteiger partial charge in [0, 0.05) is 19.3 Å². The van der Waals surface area contributed by atoms with Gasteiger partial charge in [-0.15, -0.1) is 12.4 Å². The minimum absolute atomic E-state index is 0. The van der Waals surface area contributed by atoms with Crippen molar-refractivity contribution in [3.8, 4) is 0 Å². The molecule has 1 aliphatic heterocycles. The highest BCUT2D eigenvalue weighted by atomic mass is 35.5. The number of amides is 1. The van der Waals surface area contributed by atoms with E-state index < -0.39 is 6.04 Å². The van der Waals surface area contributed by atoms with Gasteiger partial charge in [-0.2, -0.15) is 0 Å². The van der Waals surface area contributed by atoms with Crippen LogP contribution in [0.2, 0.25) is 0 Å². The number of carbonyl (C=O) groups is 2. The number of nitrogens with one attached hydrogen (secondary N) is 1. The van der Waals surface area contributed by atoms with Gasteiger partial charge in [0.1, 0.15) is 11.7 Å². The lowest BCUT2D eigenvalue weighted by Gasteiger charge is -2.33. The number of piperidine rings is 1. The fraction of sp³-hybridized carbons (Fsp3) is 0.684. The maximum Gasteiger partial charge on any atom is 0.329 e. The molecule has 1 atom stereocenters. The van der Waals surface area contributed by atoms with Crippen LogP contribution >= 0.6 is 12.4 Å². The summed E-state index contributed by atoms with van der Waals surface area (Å²) < 4.78 is 7.15. The molecule has 148 valence electrons. The van der Waals surface area contributed by atoms with Gasteiger partial charge in [-0.25, -0.2) is 4.79 Å². The lowest BCUT2D eigenvalue weighted by atomic mass is 10.1. The van der Waals surface area contributed by atoms with Gasteiger partial charge >= 0.3 is 5.97 Å². The Kier molecular flexibility index (Phi) is 9.73. The van der Waals surface area contributed by atoms with Gasteiger partial charge in [0.15, 0.2) is 0 Å². The van der Waals surface area contributed by atoms with Crippen molar-refractivity contribution < 1.29 is 14.3 Å². The second-order valence-corrected chi connectivity index (χ2v) is 6.56. The molecule has 1 fully saturated rings. The monoisotopic (exact) mass is 385 g/mol. The van der Waals surface area contributed by atoms with E-state index in [9.17, 15) is 9.59 Å². The lowest BCUT2D eigenvalue weighted by molar-refractivity contribution is -0.150. The van der Waals surface area contributed by atoms with E-state index in [0.29, 0.717) is 18.8 Å². The maximum absolute atomic E-state index is 12.6. The molecular weight excluding hydrogens is 354 g/mol. The summed E-state index contributed by atoms with van der Waals surface area (Å²) in [5, 5.41) is 2.94. The molecule has 26 heavy (non-hydrogen) atoms. The molecule has 0 aromatic carbocycles. The van der Waals surface area contributed by atoms with Crippen LogP contribution in [0.1, 0.15) is 68.2 Å². The van der Waals surface area contributed by atoms with Crippen molar-refractivity contribution in [1.29, 1.82) is 0 Å². The number of likely N-dealkylation sites (tertiary alicyclic amines) is 1. The first-order valence-corrected chi connectivity index (χ1v) is 9.44. The molecule has 0 radical (unpaired) electrons. The number of ether oxygens (including phenoxy) is 1. The molecule has 1 aromatic rings. The van der Waals surface area contributed by atoms with Gasteiger partial charge < -0.3 is 14.6 Å². The third kappa shape index (κ3) is 5.48. The van der Waals surface area contributed by atoms with E-state index in [0.717, 1.165) is 44.5 Å². The van der Waals surface area contributed by atoms with Crippen LogP contribution in [0.3, 0.4) is 0 Å². The van der Waals surface area contributed by atoms with E-state index in [1.807, 2.05) is 24.6 Å². The smallest absolute Gasteiger partial charge is 0.329 e. The Labute approximate surface area is 162 Å². The minimum Gasteiger partial charge on any atom is -0.465 e. The van der Waals surface area contributed by atoms with Gasteiger partial charge in [0.25, 0.3) is 5.91 Å². The Hall–Kier alpha value is -1.53. The van der Waals surface area contributed by atoms with E-state index in [-0.39, 0.29) is 24.3 Å². The topological polar surface area (TPSA) is 63.6 Å². The normalized spacial score (nSPS) is 15.8. The average molecular weight is 386 g/mol. The molecule has 1 aromatic heterocycles. The first kappa shape index (κ1) is 22.5. The Balaban J connectivity index is 0.00000338. The molecule has 0 spiro atoms. The van der Waals surface area contributed by atoms with Crippen LogP contribution in [0, 0.1) is 0 Å². The molecule has 1 N–H and O–H groups in total. The quantitative estimate of drug-likeness (QED) is 0.551. The number of esters is 1. The summed E-state index contributed by atoms with van der Waals surface area (Å²) >= 11 is 0. The number of unbranched alkanes of at least 4 members (excludes halogenated alkanes) is 1. The number of hydrogen-bond donors (Lipinski definition) is 1. The Bertz CT molecular complexity index is 583. The second kappa shape index (κ2) is 11.2. The van der Waals surface area contributed by atoms with Gasteiger partial charge in [0.05, 0.1) is 6.61 Å². The number of hydrogen-bond acceptors (Lipinski definition) is 4. The molecule has 0 saturated carbocycles. The van der Waals surface area contributed by atoms with Crippen molar-refractivity contribution in [1.82, 2.24) is 14.8 Å². The molecule has 1 unspecified atom stereocenters. The third-order valence-electron chi connectivity index (χ3n) is 4.75. The highest BCUT2D eigenvalue weighted by Crippen LogP contribution is 2.27. The molecule has 2 heterocycles. The third-order valence-corrected chi connectivity index (χ3v) is 4.75. The first-order chi connectivity index (χ1) is 12.1. The molecule has 1 saturated heterocycles. The van der Waals surface area contributed by atoms with Crippen LogP contribution in [-0.4, -0.2) is 47.6 Å². The summed E-state index contributed by atoms with van der Waals surface area (Å²) in [6, 6.07) is 3.24. The minimum atomic E-state index is -0.442. The summed E-state index contributed by atoms with van der Waals surface area (Å²) in [4.78, 5) is 27.2. The van der Waals surface area contributed by atoms with Gasteiger partial charge in [0.2, 0.25) is 0 Å². The standard InChI is InChI=1S/C19H31N3O3.ClH/c1-4-6-12-20-18(23)16-11-10-15(21(16)3)17(19(24)25-5-2)22-13-8-7-9-14-22;/h10-11,17H,4-9,12-14H2,1-3H3,(H,20,23);1H. The molecule has 6 nitrogen and oxygen atoms in total. The molecule has 1 aliphatic rings. The van der Waals surface area contributed by atoms with Crippen molar-refractivity contribution >= 4 is 24.3 Å². The lowest BCUT2D eigenvalue weighted by Crippen LogP contribution is -2.40. The summed E-state index contributed by atoms with van der Waals surface area (Å²) in [5.74, 6) is -0.327. The first-order valence-electron chi connectivity index (χ1n) is 9.44. The number of nitrogens with zero attached hydrogens (tertiary/aromatic N) is 2. The molecule has 7 heteroatoms. The maximum atomic E-state index is 12.6. The van der Waals surface area contributed by atoms with Crippen molar-refractivity contribution in [2.45, 2.75) is 52.0 Å². The van der Waals surface area contributed by atoms with Gasteiger partial charge in [-0.05, 0) is 51.4 Å². The molecule has 1 amide bonds. The van der Waals surface area contributed by atoms with Crippen molar-refractivity contribution in [2.75, 3.05) is 26.2 Å². The van der Waals surface area contributed by atoms with E-state index in [4.69, 9.17) is 4.74 Å². The zero-order valence-electron chi connectivity index (χ0n) is 16.1. The summed E-state index contributed by atoms with van der Waals surface area (Å²) in [7, 11) is 1.85. The molecular formula is C19H32ClN3O3. The zero-order chi connectivity index (χ0) is 18.2. The highest BCUT2D eigenvalue weighted by Gasteiger charge is 2.32. The predicted molar refractivity (Wildman–Crippen MR) is 105 cm³/mol. The Morgan fingerprint density at radius 1 is 1.19 bits per heavy atom. The fourth-order valence-electron chi connectivity index (χ4n) is 3.35. The van der Waals surface area contributed by atoms with Crippen molar-refractivity contribution in [2.24, 2.45) is 7.05 Å². The van der Waals surface area contributed by atoms with Crippen LogP contribution in [0.4, 0.5) is 0 Å². The summed E-state index contributed by atoms with van der Waals surface area (Å²) in [5.41, 5.74) is 1.40. The van der Waals surface area contributed by atoms with E-state index in [1.54, 1.807) is 6.07 Å². The largest absolute Gasteiger partial charge is 0.465 e. The van der Waals surface area contributed by atoms with Gasteiger partial charge in [-0.3, -0.25) is 9.69 Å². The molecule has 0 bridgehead atoms. The predicted octanol–water partition coefficient (Wildman–Crippen LogP) is 3.07. The highest BCUT2D eigenvalue weighted by molar-refractivity contribution is 5.93. The summed E-state index contributed by atoms with van der Waals surface area (Å²) in [6.07, 6.45) is 5.38. The van der Waals surface area contributed by atoms with Crippen LogP contribution in [0.5, 0.6) is 0 Å². The van der Waals surface area contributed by atoms with Crippen molar-refractivity contribution in [3.05, 3.63) is 23.5 Å². The van der Waals surface area contributed by atoms with Crippen LogP contribution in [-0.2, 0) is 16.6 Å². The molecule has 0 aliphatic carbocycles. The Morgan fingerprint density at radius 3 is 2.50 bits per heavy atom. The number of aromatic nitrogens is 1. The summed E-state index contributed by atoms with van der Waals surface area (Å²) in [6.45, 7) is 6.71. The van der Waals surface area contributed by atoms with Crippen LogP contribution in [0.25, 0.3) is 0 Å². The zero-order valence-corrected chi connectivity index (χ0v) is 16.9. The fourth-order valence-corrected chi connectivity index (χ4v) is 3.35.